The van der Waals surface area contributed by atoms with Crippen molar-refractivity contribution in [2.45, 2.75) is 8.65 Å². The van der Waals surface area contributed by atoms with Gasteiger partial charge in [-0.2, -0.15) is 0 Å². The van der Waals surface area contributed by atoms with Crippen LogP contribution in [0, 0.1) is 22.0 Å². The van der Waals surface area contributed by atoms with Crippen molar-refractivity contribution in [2.75, 3.05) is 4.90 Å². The number of rotatable bonds is 2. The lowest BCUT2D eigenvalue weighted by molar-refractivity contribution is -0.384. The monoisotopic (exact) mass is 586 g/mol. The van der Waals surface area contributed by atoms with Crippen molar-refractivity contribution >= 4 is 66.6 Å². The molecule has 3 aromatic carbocycles. The summed E-state index contributed by atoms with van der Waals surface area (Å²) in [7, 11) is 0. The number of alkyl halides is 2. The number of benzene rings is 3. The van der Waals surface area contributed by atoms with Crippen LogP contribution in [0.3, 0.4) is 0 Å². The van der Waals surface area contributed by atoms with Crippen LogP contribution in [0.1, 0.15) is 22.3 Å². The largest absolute Gasteiger partial charge is 0.289 e. The van der Waals surface area contributed by atoms with Crippen LogP contribution in [-0.2, 0) is 18.2 Å². The first-order chi connectivity index (χ1) is 15.7. The van der Waals surface area contributed by atoms with E-state index < -0.39 is 37.2 Å². The van der Waals surface area contributed by atoms with Crippen LogP contribution < -0.4 is 4.90 Å². The number of nitro groups is 1. The molecule has 2 amide bonds. The molecule has 1 fully saturated rings. The Morgan fingerprint density at radius 1 is 0.818 bits per heavy atom. The van der Waals surface area contributed by atoms with Gasteiger partial charge in [0.2, 0.25) is 11.8 Å². The van der Waals surface area contributed by atoms with Gasteiger partial charge in [-0.3, -0.25) is 19.7 Å². The zero-order valence-corrected chi connectivity index (χ0v) is 20.6. The minimum absolute atomic E-state index is 0.0611. The van der Waals surface area contributed by atoms with Gasteiger partial charge in [-0.25, -0.2) is 4.90 Å². The molecule has 1 aliphatic heterocycles. The molecule has 33 heavy (non-hydrogen) atoms. The van der Waals surface area contributed by atoms with Gasteiger partial charge in [-0.1, -0.05) is 92.0 Å². The molecule has 6 nitrogen and oxygen atoms in total. The van der Waals surface area contributed by atoms with E-state index in [1.807, 2.05) is 48.5 Å². The summed E-state index contributed by atoms with van der Waals surface area (Å²) in [6.07, 6.45) is 0. The molecule has 3 aromatic rings. The van der Waals surface area contributed by atoms with Crippen LogP contribution in [0.4, 0.5) is 11.4 Å². The average molecular weight is 589 g/mol. The number of nitro benzene ring substituents is 1. The number of hydrogen-bond donors (Lipinski definition) is 0. The molecule has 4 aliphatic rings. The van der Waals surface area contributed by atoms with Crippen LogP contribution >= 0.6 is 43.5 Å². The van der Waals surface area contributed by atoms with Crippen molar-refractivity contribution in [3.63, 3.8) is 0 Å². The summed E-state index contributed by atoms with van der Waals surface area (Å²) in [6.45, 7) is 0. The fourth-order valence-corrected chi connectivity index (χ4v) is 8.19. The van der Waals surface area contributed by atoms with E-state index in [0.29, 0.717) is 0 Å². The molecule has 0 unspecified atom stereocenters. The SMILES string of the molecule is O=C1[C@H]2[C@H](C(=O)N1c1ccc(Cl)c([N+](=O)[O-])c1)C1(Br)c3ccccc3C2(Br)c2ccccc21. The molecule has 2 atom stereocenters. The minimum Gasteiger partial charge on any atom is -0.274 e. The molecule has 1 heterocycles. The first-order valence-corrected chi connectivity index (χ1v) is 12.1. The Kier molecular flexibility index (Phi) is 4.29. The Balaban J connectivity index is 1.62. The second-order valence-corrected chi connectivity index (χ2v) is 11.3. The molecule has 0 spiro atoms. The summed E-state index contributed by atoms with van der Waals surface area (Å²) in [4.78, 5) is 39.7. The number of hydrogen-bond acceptors (Lipinski definition) is 4. The molecule has 0 aromatic heterocycles. The summed E-state index contributed by atoms with van der Waals surface area (Å²) in [6, 6.07) is 19.5. The van der Waals surface area contributed by atoms with Crippen LogP contribution in [-0.4, -0.2) is 16.7 Å². The summed E-state index contributed by atoms with van der Waals surface area (Å²) in [5.74, 6) is -2.31. The molecule has 9 heteroatoms. The van der Waals surface area contributed by atoms with E-state index in [1.54, 1.807) is 0 Å². The van der Waals surface area contributed by atoms with E-state index >= 15 is 0 Å². The fraction of sp³-hybridized carbons (Fsp3) is 0.167. The molecule has 1 saturated heterocycles. The number of halogens is 3. The van der Waals surface area contributed by atoms with Gasteiger partial charge in [0.25, 0.3) is 5.69 Å². The molecule has 0 N–H and O–H groups in total. The zero-order chi connectivity index (χ0) is 23.3. The number of carbonyl (C=O) groups is 2. The molecule has 7 rings (SSSR count). The molecule has 0 saturated carbocycles. The maximum atomic E-state index is 13.9. The fourth-order valence-electron chi connectivity index (χ4n) is 5.70. The second kappa shape index (κ2) is 6.74. The van der Waals surface area contributed by atoms with Crippen molar-refractivity contribution in [1.82, 2.24) is 0 Å². The number of anilines is 1. The van der Waals surface area contributed by atoms with E-state index in [4.69, 9.17) is 11.6 Å². The van der Waals surface area contributed by atoms with Crippen LogP contribution in [0.15, 0.2) is 66.7 Å². The van der Waals surface area contributed by atoms with Gasteiger partial charge in [-0.15, -0.1) is 0 Å². The van der Waals surface area contributed by atoms with E-state index in [-0.39, 0.29) is 16.4 Å². The molecule has 3 aliphatic carbocycles. The maximum absolute atomic E-state index is 13.9. The highest BCUT2D eigenvalue weighted by Crippen LogP contribution is 2.70. The Hall–Kier alpha value is -2.55. The van der Waals surface area contributed by atoms with Gasteiger partial charge < -0.3 is 0 Å². The number of amides is 2. The summed E-state index contributed by atoms with van der Waals surface area (Å²) >= 11 is 13.8. The third-order valence-electron chi connectivity index (χ3n) is 6.97. The summed E-state index contributed by atoms with van der Waals surface area (Å²) < 4.78 is -1.83. The Bertz CT molecular complexity index is 1300. The first kappa shape index (κ1) is 21.0. The van der Waals surface area contributed by atoms with Crippen LogP contribution in [0.25, 0.3) is 0 Å². The smallest absolute Gasteiger partial charge is 0.274 e. The minimum atomic E-state index is -0.916. The van der Waals surface area contributed by atoms with E-state index in [0.717, 1.165) is 27.2 Å². The van der Waals surface area contributed by atoms with Crippen LogP contribution in [0.5, 0.6) is 0 Å². The van der Waals surface area contributed by atoms with Crippen molar-refractivity contribution in [3.05, 3.63) is 104 Å². The third kappa shape index (κ3) is 2.39. The Morgan fingerprint density at radius 2 is 1.24 bits per heavy atom. The predicted octanol–water partition coefficient (Wildman–Crippen LogP) is 5.66. The van der Waals surface area contributed by atoms with Crippen molar-refractivity contribution in [1.29, 1.82) is 0 Å². The van der Waals surface area contributed by atoms with Gasteiger partial charge >= 0.3 is 0 Å². The van der Waals surface area contributed by atoms with Gasteiger partial charge in [0.15, 0.2) is 0 Å². The van der Waals surface area contributed by atoms with Crippen molar-refractivity contribution in [3.8, 4) is 0 Å². The predicted molar refractivity (Wildman–Crippen MR) is 130 cm³/mol. The third-order valence-corrected chi connectivity index (χ3v) is 9.98. The normalized spacial score (nSPS) is 29.0. The molecule has 164 valence electrons. The second-order valence-electron chi connectivity index (χ2n) is 8.37. The molecular formula is C24H13Br2ClN2O4. The molecular weight excluding hydrogens is 576 g/mol. The number of carbonyl (C=O) groups excluding carboxylic acids is 2. The van der Waals surface area contributed by atoms with E-state index in [9.17, 15) is 19.7 Å². The van der Waals surface area contributed by atoms with Crippen LogP contribution in [0.2, 0.25) is 5.02 Å². The Morgan fingerprint density at radius 3 is 1.64 bits per heavy atom. The average Bonchev–Trinajstić information content (AvgIpc) is 3.09. The first-order valence-electron chi connectivity index (χ1n) is 10.1. The Labute approximate surface area is 209 Å². The highest BCUT2D eigenvalue weighted by Gasteiger charge is 2.72. The standard InChI is InChI=1S/C24H13Br2ClN2O4/c25-23-13-5-1-2-6-14(13)24(26,16-8-4-3-7-15(16)23)20-19(23)21(30)28(22(20)31)12-9-10-17(27)18(11-12)29(32)33/h1-11,19-20H/t19-,20-,23?,24?/m1/s1. The van der Waals surface area contributed by atoms with E-state index in [1.165, 1.54) is 18.2 Å². The lowest BCUT2D eigenvalue weighted by Gasteiger charge is -2.55. The number of imide groups is 1. The number of nitrogens with zero attached hydrogens (tertiary/aromatic N) is 2. The molecule has 0 radical (unpaired) electrons. The summed E-state index contributed by atoms with van der Waals surface area (Å²) in [5, 5.41) is 11.4. The van der Waals surface area contributed by atoms with Crippen molar-refractivity contribution in [2.24, 2.45) is 11.8 Å². The topological polar surface area (TPSA) is 80.5 Å². The van der Waals surface area contributed by atoms with Crippen molar-refractivity contribution < 1.29 is 14.5 Å². The maximum Gasteiger partial charge on any atom is 0.289 e. The lowest BCUT2D eigenvalue weighted by atomic mass is 9.54. The summed E-state index contributed by atoms with van der Waals surface area (Å²) in [5.41, 5.74) is 3.47. The highest BCUT2D eigenvalue weighted by atomic mass is 79.9. The lowest BCUT2D eigenvalue weighted by Crippen LogP contribution is -2.56. The molecule has 2 bridgehead atoms. The zero-order valence-electron chi connectivity index (χ0n) is 16.7. The van der Waals surface area contributed by atoms with E-state index in [2.05, 4.69) is 31.9 Å². The van der Waals surface area contributed by atoms with Gasteiger partial charge in [-0.05, 0) is 34.4 Å². The van der Waals surface area contributed by atoms with Gasteiger partial charge in [0.1, 0.15) is 5.02 Å². The van der Waals surface area contributed by atoms with Gasteiger partial charge in [0, 0.05) is 6.07 Å². The highest BCUT2D eigenvalue weighted by molar-refractivity contribution is 9.10. The quantitative estimate of drug-likeness (QED) is 0.168. The van der Waals surface area contributed by atoms with Gasteiger partial charge in [0.05, 0.1) is 31.1 Å².